The van der Waals surface area contributed by atoms with E-state index >= 15 is 0 Å². The lowest BCUT2D eigenvalue weighted by Gasteiger charge is -2.34. The highest BCUT2D eigenvalue weighted by molar-refractivity contribution is 5.94. The number of rotatable bonds is 2. The smallest absolute Gasteiger partial charge is 0.376 e. The van der Waals surface area contributed by atoms with Crippen LogP contribution >= 0.6 is 0 Å². The highest BCUT2D eigenvalue weighted by Crippen LogP contribution is 2.49. The van der Waals surface area contributed by atoms with Crippen molar-refractivity contribution in [3.05, 3.63) is 35.2 Å². The van der Waals surface area contributed by atoms with Gasteiger partial charge in [0.05, 0.1) is 29.4 Å². The first-order chi connectivity index (χ1) is 13.9. The van der Waals surface area contributed by atoms with E-state index in [-0.39, 0.29) is 18.1 Å². The molecule has 3 aliphatic rings. The maximum absolute atomic E-state index is 13.6. The molecule has 0 aromatic carbocycles. The summed E-state index contributed by atoms with van der Waals surface area (Å²) in [5.41, 5.74) is -4.72. The molecule has 1 aromatic rings. The molecule has 2 unspecified atom stereocenters. The number of anilines is 1. The molecule has 0 saturated carbocycles. The van der Waals surface area contributed by atoms with E-state index in [1.807, 2.05) is 0 Å². The Morgan fingerprint density at radius 2 is 1.97 bits per heavy atom. The van der Waals surface area contributed by atoms with Gasteiger partial charge < -0.3 is 15.7 Å². The average Bonchev–Trinajstić information content (AvgIpc) is 3.27. The molecule has 1 aromatic heterocycles. The average molecular weight is 437 g/mol. The molecule has 0 radical (unpaired) electrons. The van der Waals surface area contributed by atoms with Gasteiger partial charge in [-0.25, -0.2) is 0 Å². The number of likely N-dealkylation sites (tertiary alicyclic amines) is 1. The Kier molecular flexibility index (Phi) is 4.65. The first-order valence-electron chi connectivity index (χ1n) is 9.03. The van der Waals surface area contributed by atoms with Crippen molar-refractivity contribution in [1.29, 1.82) is 0 Å². The van der Waals surface area contributed by atoms with Gasteiger partial charge in [-0.05, 0) is 18.6 Å². The number of alkyl halides is 6. The van der Waals surface area contributed by atoms with Crippen LogP contribution in [0.3, 0.4) is 0 Å². The van der Waals surface area contributed by atoms with Crippen LogP contribution in [0.25, 0.3) is 0 Å². The number of fused-ring (bicyclic) bond motifs is 1. The Hall–Kier alpha value is -2.54. The summed E-state index contributed by atoms with van der Waals surface area (Å²) in [5.74, 6) is -1.81. The number of hydrogen-bond donors (Lipinski definition) is 4. The van der Waals surface area contributed by atoms with Gasteiger partial charge in [0.1, 0.15) is 5.82 Å². The Morgan fingerprint density at radius 1 is 1.23 bits per heavy atom. The van der Waals surface area contributed by atoms with Crippen molar-refractivity contribution in [3.8, 4) is 0 Å². The van der Waals surface area contributed by atoms with E-state index < -0.39 is 53.5 Å². The van der Waals surface area contributed by atoms with Crippen LogP contribution in [-0.4, -0.2) is 57.7 Å². The van der Waals surface area contributed by atoms with Crippen LogP contribution in [0, 0.1) is 0 Å². The molecule has 0 aliphatic carbocycles. The molecule has 0 bridgehead atoms. The van der Waals surface area contributed by atoms with Crippen molar-refractivity contribution in [2.45, 2.75) is 42.9 Å². The molecule has 3 atom stereocenters. The summed E-state index contributed by atoms with van der Waals surface area (Å²) in [6, 6.07) is 0. The maximum Gasteiger partial charge on any atom is 0.422 e. The number of carbonyl (C=O) groups is 1. The van der Waals surface area contributed by atoms with Gasteiger partial charge in [-0.2, -0.15) is 31.4 Å². The maximum atomic E-state index is 13.6. The van der Waals surface area contributed by atoms with Crippen LogP contribution in [0.15, 0.2) is 23.9 Å². The minimum atomic E-state index is -5.09. The van der Waals surface area contributed by atoms with Crippen molar-refractivity contribution in [3.63, 3.8) is 0 Å². The molecule has 4 N–H and O–H groups in total. The third kappa shape index (κ3) is 3.35. The Labute approximate surface area is 165 Å². The number of aromatic amines is 1. The largest absolute Gasteiger partial charge is 0.422 e. The van der Waals surface area contributed by atoms with Gasteiger partial charge in [0, 0.05) is 25.2 Å². The van der Waals surface area contributed by atoms with Crippen molar-refractivity contribution in [2.75, 3.05) is 18.4 Å². The molecule has 7 nitrogen and oxygen atoms in total. The number of nitrogens with one attached hydrogen (secondary N) is 3. The van der Waals surface area contributed by atoms with Crippen LogP contribution in [0.2, 0.25) is 0 Å². The molecule has 4 heterocycles. The second-order valence-corrected chi connectivity index (χ2v) is 7.49. The van der Waals surface area contributed by atoms with Gasteiger partial charge in [-0.3, -0.25) is 14.8 Å². The number of halogens is 6. The molecule has 0 spiro atoms. The molecule has 13 heteroatoms. The van der Waals surface area contributed by atoms with E-state index in [2.05, 4.69) is 20.8 Å². The van der Waals surface area contributed by atoms with Gasteiger partial charge in [0.25, 0.3) is 0 Å². The summed E-state index contributed by atoms with van der Waals surface area (Å²) in [6.07, 6.45) is -7.80. The van der Waals surface area contributed by atoms with Crippen LogP contribution < -0.4 is 10.6 Å². The van der Waals surface area contributed by atoms with Gasteiger partial charge in [-0.1, -0.05) is 0 Å². The summed E-state index contributed by atoms with van der Waals surface area (Å²) in [7, 11) is 0. The molecule has 4 rings (SSSR count). The molecular formula is C17H17F6N5O2. The fourth-order valence-corrected chi connectivity index (χ4v) is 4.05. The molecule has 1 fully saturated rings. The first-order valence-corrected chi connectivity index (χ1v) is 9.03. The lowest BCUT2D eigenvalue weighted by molar-refractivity contribution is -0.267. The minimum Gasteiger partial charge on any atom is -0.376 e. The summed E-state index contributed by atoms with van der Waals surface area (Å²) in [6.45, 7) is 0.594. The van der Waals surface area contributed by atoms with Crippen molar-refractivity contribution >= 4 is 11.7 Å². The lowest BCUT2D eigenvalue weighted by Crippen LogP contribution is -2.48. The van der Waals surface area contributed by atoms with E-state index in [1.54, 1.807) is 4.90 Å². The molecule has 164 valence electrons. The van der Waals surface area contributed by atoms with E-state index in [0.29, 0.717) is 13.0 Å². The number of H-pyrrole nitrogens is 1. The summed E-state index contributed by atoms with van der Waals surface area (Å²) in [5, 5.41) is 21.5. The van der Waals surface area contributed by atoms with Gasteiger partial charge >= 0.3 is 12.4 Å². The molecule has 1 saturated heterocycles. The minimum absolute atomic E-state index is 0.0152. The fraction of sp³-hybridized carbons (Fsp3) is 0.529. The molecule has 30 heavy (non-hydrogen) atoms. The molecular weight excluding hydrogens is 420 g/mol. The highest BCUT2D eigenvalue weighted by atomic mass is 19.4. The van der Waals surface area contributed by atoms with Gasteiger partial charge in [-0.15, -0.1) is 0 Å². The summed E-state index contributed by atoms with van der Waals surface area (Å²) in [4.78, 5) is 13.4. The van der Waals surface area contributed by atoms with E-state index in [1.165, 1.54) is 6.08 Å². The van der Waals surface area contributed by atoms with Crippen molar-refractivity contribution in [1.82, 2.24) is 20.4 Å². The van der Waals surface area contributed by atoms with Gasteiger partial charge in [0.2, 0.25) is 5.91 Å². The van der Waals surface area contributed by atoms with Crippen molar-refractivity contribution < 1.29 is 36.2 Å². The standard InChI is InChI=1S/C17H17F6N5O2/c18-16(19,20)9-1-2-10(24-6-9)28-4-3-8(7-28)13-12-14(27-26-13)25-11(29)5-15(12,30)17(21,22)23/h1-2,6,8,10,24,30H,3-5,7H2,(H2,25,26,27,29)/t8-,10?,15?/m0/s1. The number of hydrogen-bond acceptors (Lipinski definition) is 5. The van der Waals surface area contributed by atoms with Crippen LogP contribution in [0.5, 0.6) is 0 Å². The Morgan fingerprint density at radius 3 is 2.57 bits per heavy atom. The highest BCUT2D eigenvalue weighted by Gasteiger charge is 2.61. The van der Waals surface area contributed by atoms with Crippen molar-refractivity contribution in [2.24, 2.45) is 0 Å². The predicted octanol–water partition coefficient (Wildman–Crippen LogP) is 2.22. The third-order valence-corrected chi connectivity index (χ3v) is 5.55. The first kappa shape index (κ1) is 20.7. The lowest BCUT2D eigenvalue weighted by atomic mass is 9.83. The fourth-order valence-electron chi connectivity index (χ4n) is 4.05. The number of carbonyl (C=O) groups excluding carboxylic acids is 1. The second-order valence-electron chi connectivity index (χ2n) is 7.49. The predicted molar refractivity (Wildman–Crippen MR) is 90.9 cm³/mol. The van der Waals surface area contributed by atoms with E-state index in [9.17, 15) is 36.2 Å². The zero-order valence-corrected chi connectivity index (χ0v) is 15.2. The number of aliphatic hydroxyl groups is 1. The third-order valence-electron chi connectivity index (χ3n) is 5.55. The zero-order valence-electron chi connectivity index (χ0n) is 15.2. The number of allylic oxidation sites excluding steroid dienone is 2. The quantitative estimate of drug-likeness (QED) is 0.533. The van der Waals surface area contributed by atoms with E-state index in [4.69, 9.17) is 0 Å². The van der Waals surface area contributed by atoms with Crippen LogP contribution in [0.4, 0.5) is 32.2 Å². The summed E-state index contributed by atoms with van der Waals surface area (Å²) >= 11 is 0. The Balaban J connectivity index is 1.55. The normalized spacial score (nSPS) is 30.0. The SMILES string of the molecule is O=C1CC(O)(C(F)(F)F)c2c([C@H]3CCN(C4C=CC(C(F)(F)F)=CN4)C3)n[nH]c2N1. The topological polar surface area (TPSA) is 93.3 Å². The number of aromatic nitrogens is 2. The second kappa shape index (κ2) is 6.74. The summed E-state index contributed by atoms with van der Waals surface area (Å²) < 4.78 is 79.0. The number of nitrogens with zero attached hydrogens (tertiary/aromatic N) is 2. The van der Waals surface area contributed by atoms with E-state index in [0.717, 1.165) is 12.3 Å². The molecule has 1 amide bonds. The number of dihydropyridines is 1. The monoisotopic (exact) mass is 437 g/mol. The molecule has 3 aliphatic heterocycles. The van der Waals surface area contributed by atoms with Crippen LogP contribution in [0.1, 0.15) is 30.0 Å². The zero-order chi connectivity index (χ0) is 21.9. The van der Waals surface area contributed by atoms with Crippen LogP contribution in [-0.2, 0) is 10.4 Å². The Bertz CT molecular complexity index is 921. The van der Waals surface area contributed by atoms with Gasteiger partial charge in [0.15, 0.2) is 5.60 Å². The number of amides is 1.